The Kier molecular flexibility index (Phi) is 4.99. The van der Waals surface area contributed by atoms with Gasteiger partial charge in [0.25, 0.3) is 5.56 Å². The highest BCUT2D eigenvalue weighted by Gasteiger charge is 2.25. The van der Waals surface area contributed by atoms with Gasteiger partial charge in [-0.25, -0.2) is 0 Å². The summed E-state index contributed by atoms with van der Waals surface area (Å²) >= 11 is 0. The SMILES string of the molecule is COc1ccccc1C1CCN(C(=O)Cn2ccccc2=O)CC1. The Labute approximate surface area is 141 Å². The molecule has 0 saturated carbocycles. The van der Waals surface area contributed by atoms with Crippen molar-refractivity contribution in [3.05, 3.63) is 64.6 Å². The number of hydrogen-bond donors (Lipinski definition) is 0. The smallest absolute Gasteiger partial charge is 0.250 e. The van der Waals surface area contributed by atoms with Gasteiger partial charge in [0.15, 0.2) is 0 Å². The Balaban J connectivity index is 1.62. The van der Waals surface area contributed by atoms with Crippen molar-refractivity contribution < 1.29 is 9.53 Å². The van der Waals surface area contributed by atoms with E-state index < -0.39 is 0 Å². The number of pyridine rings is 1. The third-order valence-electron chi connectivity index (χ3n) is 4.63. The van der Waals surface area contributed by atoms with Gasteiger partial charge in [-0.15, -0.1) is 0 Å². The summed E-state index contributed by atoms with van der Waals surface area (Å²) in [6.45, 7) is 1.53. The highest BCUT2D eigenvalue weighted by Crippen LogP contribution is 2.33. The number of likely N-dealkylation sites (tertiary alicyclic amines) is 1. The average molecular weight is 326 g/mol. The van der Waals surface area contributed by atoms with Gasteiger partial charge in [0.2, 0.25) is 5.91 Å². The lowest BCUT2D eigenvalue weighted by atomic mass is 9.89. The number of aromatic nitrogens is 1. The van der Waals surface area contributed by atoms with E-state index in [4.69, 9.17) is 4.74 Å². The number of amides is 1. The summed E-state index contributed by atoms with van der Waals surface area (Å²) in [6.07, 6.45) is 3.48. The predicted molar refractivity (Wildman–Crippen MR) is 92.3 cm³/mol. The first kappa shape index (κ1) is 16.3. The molecule has 0 aliphatic carbocycles. The minimum absolute atomic E-state index is 0.00165. The Hall–Kier alpha value is -2.56. The predicted octanol–water partition coefficient (Wildman–Crippen LogP) is 2.26. The molecule has 1 aromatic heterocycles. The Bertz CT molecular complexity index is 761. The van der Waals surface area contributed by atoms with Crippen LogP contribution < -0.4 is 10.3 Å². The fourth-order valence-corrected chi connectivity index (χ4v) is 3.28. The topological polar surface area (TPSA) is 51.5 Å². The van der Waals surface area contributed by atoms with Crippen molar-refractivity contribution in [2.75, 3.05) is 20.2 Å². The third kappa shape index (κ3) is 3.50. The van der Waals surface area contributed by atoms with Crippen LogP contribution in [0.2, 0.25) is 0 Å². The van der Waals surface area contributed by atoms with Gasteiger partial charge in [-0.2, -0.15) is 0 Å². The fraction of sp³-hybridized carbons (Fsp3) is 0.368. The number of carbonyl (C=O) groups excluding carboxylic acids is 1. The number of para-hydroxylation sites is 1. The van der Waals surface area contributed by atoms with Gasteiger partial charge in [0, 0.05) is 25.4 Å². The number of methoxy groups -OCH3 is 1. The molecule has 126 valence electrons. The molecule has 0 bridgehead atoms. The number of hydrogen-bond acceptors (Lipinski definition) is 3. The number of nitrogens with zero attached hydrogens (tertiary/aromatic N) is 2. The zero-order chi connectivity index (χ0) is 16.9. The molecule has 2 aromatic rings. The van der Waals surface area contributed by atoms with Crippen molar-refractivity contribution in [1.29, 1.82) is 0 Å². The minimum Gasteiger partial charge on any atom is -0.496 e. The number of benzene rings is 1. The van der Waals surface area contributed by atoms with E-state index in [1.807, 2.05) is 23.1 Å². The van der Waals surface area contributed by atoms with Crippen molar-refractivity contribution in [2.45, 2.75) is 25.3 Å². The second kappa shape index (κ2) is 7.34. The fourth-order valence-electron chi connectivity index (χ4n) is 3.28. The zero-order valence-corrected chi connectivity index (χ0v) is 13.9. The molecular formula is C19H22N2O3. The van der Waals surface area contributed by atoms with Gasteiger partial charge in [0.1, 0.15) is 12.3 Å². The Morgan fingerprint density at radius 3 is 2.54 bits per heavy atom. The second-order valence-electron chi connectivity index (χ2n) is 6.06. The van der Waals surface area contributed by atoms with Gasteiger partial charge in [0.05, 0.1) is 7.11 Å². The van der Waals surface area contributed by atoms with Crippen molar-refractivity contribution in [3.63, 3.8) is 0 Å². The number of ether oxygens (including phenoxy) is 1. The lowest BCUT2D eigenvalue weighted by molar-refractivity contribution is -0.132. The largest absolute Gasteiger partial charge is 0.496 e. The highest BCUT2D eigenvalue weighted by molar-refractivity contribution is 5.76. The third-order valence-corrected chi connectivity index (χ3v) is 4.63. The minimum atomic E-state index is -0.144. The maximum atomic E-state index is 12.4. The van der Waals surface area contributed by atoms with Gasteiger partial charge in [-0.05, 0) is 36.5 Å². The van der Waals surface area contributed by atoms with Crippen LogP contribution in [0.4, 0.5) is 0 Å². The van der Waals surface area contributed by atoms with Gasteiger partial charge in [-0.3, -0.25) is 9.59 Å². The maximum absolute atomic E-state index is 12.4. The molecule has 0 unspecified atom stereocenters. The van der Waals surface area contributed by atoms with Crippen LogP contribution in [0.1, 0.15) is 24.3 Å². The summed E-state index contributed by atoms with van der Waals surface area (Å²) in [6, 6.07) is 13.0. The summed E-state index contributed by atoms with van der Waals surface area (Å²) in [5.41, 5.74) is 1.07. The second-order valence-corrected chi connectivity index (χ2v) is 6.06. The molecule has 0 atom stereocenters. The number of piperidine rings is 1. The summed E-state index contributed by atoms with van der Waals surface area (Å²) in [5, 5.41) is 0. The summed E-state index contributed by atoms with van der Waals surface area (Å²) < 4.78 is 6.90. The maximum Gasteiger partial charge on any atom is 0.250 e. The van der Waals surface area contributed by atoms with E-state index in [-0.39, 0.29) is 18.0 Å². The Morgan fingerprint density at radius 2 is 1.83 bits per heavy atom. The van der Waals surface area contributed by atoms with Crippen molar-refractivity contribution in [3.8, 4) is 5.75 Å². The lowest BCUT2D eigenvalue weighted by Crippen LogP contribution is -2.41. The standard InChI is InChI=1S/C19H22N2O3/c1-24-17-7-3-2-6-16(17)15-9-12-20(13-10-15)19(23)14-21-11-5-4-8-18(21)22/h2-8,11,15H,9-10,12-14H2,1H3. The highest BCUT2D eigenvalue weighted by atomic mass is 16.5. The first-order valence-corrected chi connectivity index (χ1v) is 8.25. The summed E-state index contributed by atoms with van der Waals surface area (Å²) in [7, 11) is 1.69. The molecule has 5 nitrogen and oxygen atoms in total. The van der Waals surface area contributed by atoms with E-state index in [1.165, 1.54) is 16.2 Å². The molecule has 1 aliphatic heterocycles. The van der Waals surface area contributed by atoms with Crippen molar-refractivity contribution in [1.82, 2.24) is 9.47 Å². The molecule has 3 rings (SSSR count). The van der Waals surface area contributed by atoms with Crippen LogP contribution in [0.15, 0.2) is 53.5 Å². The monoisotopic (exact) mass is 326 g/mol. The normalized spacial score (nSPS) is 15.3. The van der Waals surface area contributed by atoms with Crippen LogP contribution in [0.25, 0.3) is 0 Å². The zero-order valence-electron chi connectivity index (χ0n) is 13.9. The molecule has 2 heterocycles. The average Bonchev–Trinajstić information content (AvgIpc) is 2.63. The molecule has 1 aliphatic rings. The number of rotatable bonds is 4. The molecule has 0 N–H and O–H groups in total. The van der Waals surface area contributed by atoms with E-state index in [1.54, 1.807) is 25.4 Å². The van der Waals surface area contributed by atoms with Crippen LogP contribution in [0.3, 0.4) is 0 Å². The molecule has 1 amide bonds. The molecule has 0 radical (unpaired) electrons. The van der Waals surface area contributed by atoms with Crippen LogP contribution in [-0.2, 0) is 11.3 Å². The van der Waals surface area contributed by atoms with E-state index in [0.29, 0.717) is 19.0 Å². The molecule has 1 saturated heterocycles. The van der Waals surface area contributed by atoms with Crippen molar-refractivity contribution >= 4 is 5.91 Å². The molecule has 24 heavy (non-hydrogen) atoms. The Morgan fingerprint density at radius 1 is 1.12 bits per heavy atom. The van der Waals surface area contributed by atoms with Gasteiger partial charge in [-0.1, -0.05) is 24.3 Å². The van der Waals surface area contributed by atoms with Crippen LogP contribution in [0.5, 0.6) is 5.75 Å². The molecule has 1 fully saturated rings. The number of carbonyl (C=O) groups is 1. The molecule has 1 aromatic carbocycles. The van der Waals surface area contributed by atoms with Crippen LogP contribution in [-0.4, -0.2) is 35.6 Å². The molecule has 0 spiro atoms. The van der Waals surface area contributed by atoms with Crippen LogP contribution >= 0.6 is 0 Å². The quantitative estimate of drug-likeness (QED) is 0.866. The lowest BCUT2D eigenvalue weighted by Gasteiger charge is -2.33. The van der Waals surface area contributed by atoms with E-state index in [9.17, 15) is 9.59 Å². The molecule has 5 heteroatoms. The first-order valence-electron chi connectivity index (χ1n) is 8.25. The van der Waals surface area contributed by atoms with Crippen molar-refractivity contribution in [2.24, 2.45) is 0 Å². The molecular weight excluding hydrogens is 304 g/mol. The van der Waals surface area contributed by atoms with Gasteiger partial charge < -0.3 is 14.2 Å². The van der Waals surface area contributed by atoms with E-state index in [0.717, 1.165) is 18.6 Å². The first-order chi connectivity index (χ1) is 11.7. The van der Waals surface area contributed by atoms with Crippen LogP contribution in [0, 0.1) is 0 Å². The summed E-state index contributed by atoms with van der Waals surface area (Å²) in [4.78, 5) is 26.0. The van der Waals surface area contributed by atoms with E-state index in [2.05, 4.69) is 6.07 Å². The van der Waals surface area contributed by atoms with E-state index >= 15 is 0 Å². The van der Waals surface area contributed by atoms with Gasteiger partial charge >= 0.3 is 0 Å². The summed E-state index contributed by atoms with van der Waals surface area (Å²) in [5.74, 6) is 1.32.